The van der Waals surface area contributed by atoms with Gasteiger partial charge in [-0.25, -0.2) is 4.39 Å². The smallest absolute Gasteiger partial charge is 0.123 e. The minimum Gasteiger partial charge on any atom is -0.489 e. The molecule has 0 unspecified atom stereocenters. The summed E-state index contributed by atoms with van der Waals surface area (Å²) in [5, 5.41) is 2.24. The van der Waals surface area contributed by atoms with Crippen molar-refractivity contribution < 1.29 is 14.4 Å². The Morgan fingerprint density at radius 1 is 1.05 bits per heavy atom. The lowest BCUT2D eigenvalue weighted by atomic mass is 10.2. The predicted octanol–water partition coefficient (Wildman–Crippen LogP) is 2.49. The highest BCUT2D eigenvalue weighted by atomic mass is 19.1. The maximum absolute atomic E-state index is 12.8. The summed E-state index contributed by atoms with van der Waals surface area (Å²) < 4.78 is 18.5. The zero-order valence-electron chi connectivity index (χ0n) is 11.1. The number of rotatable bonds is 6. The molecule has 0 atom stereocenters. The minimum absolute atomic E-state index is 0.221. The van der Waals surface area contributed by atoms with Crippen LogP contribution in [0.5, 0.6) is 5.75 Å². The van der Waals surface area contributed by atoms with Crippen LogP contribution >= 0.6 is 0 Å². The maximum Gasteiger partial charge on any atom is 0.123 e. The van der Waals surface area contributed by atoms with E-state index in [9.17, 15) is 4.39 Å². The fourth-order valence-electron chi connectivity index (χ4n) is 1.82. The number of ether oxygens (including phenoxy) is 1. The summed E-state index contributed by atoms with van der Waals surface area (Å²) in [5.74, 6) is 0.632. The van der Waals surface area contributed by atoms with Crippen LogP contribution in [0.4, 0.5) is 4.39 Å². The Morgan fingerprint density at radius 2 is 1.84 bits per heavy atom. The van der Waals surface area contributed by atoms with Gasteiger partial charge in [-0.1, -0.05) is 24.3 Å². The van der Waals surface area contributed by atoms with Crippen LogP contribution in [0.25, 0.3) is 0 Å². The molecule has 0 amide bonds. The third-order valence-corrected chi connectivity index (χ3v) is 2.89. The Bertz CT molecular complexity index is 510. The van der Waals surface area contributed by atoms with Gasteiger partial charge in [0.1, 0.15) is 24.7 Å². The fourth-order valence-corrected chi connectivity index (χ4v) is 1.82. The van der Waals surface area contributed by atoms with Crippen LogP contribution < -0.4 is 10.1 Å². The summed E-state index contributed by atoms with van der Waals surface area (Å²) in [7, 11) is 0. The molecule has 3 heteroatoms. The van der Waals surface area contributed by atoms with E-state index >= 15 is 0 Å². The van der Waals surface area contributed by atoms with Crippen LogP contribution in [0.3, 0.4) is 0 Å². The van der Waals surface area contributed by atoms with Crippen molar-refractivity contribution in [2.75, 3.05) is 6.54 Å². The molecule has 0 aliphatic rings. The first-order valence-corrected chi connectivity index (χ1v) is 6.56. The second-order valence-electron chi connectivity index (χ2n) is 4.46. The molecule has 0 spiro atoms. The first-order chi connectivity index (χ1) is 9.28. The Morgan fingerprint density at radius 3 is 2.58 bits per heavy atom. The summed E-state index contributed by atoms with van der Waals surface area (Å²) in [5.41, 5.74) is 2.21. The Labute approximate surface area is 113 Å². The first-order valence-electron chi connectivity index (χ1n) is 6.56. The van der Waals surface area contributed by atoms with Gasteiger partial charge in [0, 0.05) is 5.56 Å². The van der Waals surface area contributed by atoms with Gasteiger partial charge in [-0.2, -0.15) is 0 Å². The van der Waals surface area contributed by atoms with Crippen LogP contribution in [-0.2, 0) is 13.2 Å². The number of hydrogen-bond acceptors (Lipinski definition) is 1. The highest BCUT2D eigenvalue weighted by Gasteiger charge is 2.00. The van der Waals surface area contributed by atoms with Crippen LogP contribution in [0, 0.1) is 5.82 Å². The molecule has 0 aromatic heterocycles. The summed E-state index contributed by atoms with van der Waals surface area (Å²) in [6.45, 7) is 4.63. The molecule has 0 aliphatic carbocycles. The van der Waals surface area contributed by atoms with Crippen LogP contribution in [-0.4, -0.2) is 6.54 Å². The first kappa shape index (κ1) is 13.6. The minimum atomic E-state index is -0.221. The summed E-state index contributed by atoms with van der Waals surface area (Å²) >= 11 is 0. The Hall–Kier alpha value is -1.87. The molecule has 2 aromatic rings. The van der Waals surface area contributed by atoms with Crippen LogP contribution in [0.15, 0.2) is 48.5 Å². The van der Waals surface area contributed by atoms with Gasteiger partial charge in [-0.05, 0) is 36.8 Å². The van der Waals surface area contributed by atoms with Crippen molar-refractivity contribution in [1.82, 2.24) is 0 Å². The Balaban J connectivity index is 1.93. The normalized spacial score (nSPS) is 10.4. The summed E-state index contributed by atoms with van der Waals surface area (Å²) in [4.78, 5) is 0. The fraction of sp³-hybridized carbons (Fsp3) is 0.250. The molecular formula is C16H19FNO+. The van der Waals surface area contributed by atoms with E-state index in [4.69, 9.17) is 4.74 Å². The van der Waals surface area contributed by atoms with E-state index in [0.29, 0.717) is 6.61 Å². The lowest BCUT2D eigenvalue weighted by molar-refractivity contribution is -0.667. The zero-order chi connectivity index (χ0) is 13.5. The summed E-state index contributed by atoms with van der Waals surface area (Å²) in [6, 6.07) is 14.5. The van der Waals surface area contributed by atoms with E-state index in [0.717, 1.165) is 24.4 Å². The number of halogens is 1. The van der Waals surface area contributed by atoms with E-state index in [1.165, 1.54) is 17.7 Å². The van der Waals surface area contributed by atoms with Gasteiger partial charge in [-0.3, -0.25) is 0 Å². The largest absolute Gasteiger partial charge is 0.489 e. The molecule has 100 valence electrons. The van der Waals surface area contributed by atoms with Gasteiger partial charge in [0.15, 0.2) is 0 Å². The van der Waals surface area contributed by atoms with Crippen molar-refractivity contribution in [2.24, 2.45) is 0 Å². The van der Waals surface area contributed by atoms with E-state index in [2.05, 4.69) is 24.4 Å². The average molecular weight is 260 g/mol. The molecule has 0 bridgehead atoms. The monoisotopic (exact) mass is 260 g/mol. The van der Waals surface area contributed by atoms with E-state index in [-0.39, 0.29) is 5.82 Å². The molecule has 0 saturated carbocycles. The Kier molecular flexibility index (Phi) is 4.93. The van der Waals surface area contributed by atoms with Gasteiger partial charge >= 0.3 is 0 Å². The molecule has 2 N–H and O–H groups in total. The predicted molar refractivity (Wildman–Crippen MR) is 73.3 cm³/mol. The molecule has 0 fully saturated rings. The molecule has 0 radical (unpaired) electrons. The molecule has 0 aliphatic heterocycles. The number of nitrogens with two attached hydrogens (primary N) is 1. The summed E-state index contributed by atoms with van der Waals surface area (Å²) in [6.07, 6.45) is 0. The molecule has 2 rings (SSSR count). The van der Waals surface area contributed by atoms with Crippen LogP contribution in [0.2, 0.25) is 0 Å². The standard InChI is InChI=1S/C16H18FNO/c1-2-18-11-14-4-3-5-16(10-14)19-12-13-6-8-15(17)9-7-13/h3-10,18H,2,11-12H2,1H3/p+1. The average Bonchev–Trinajstić information content (AvgIpc) is 2.45. The lowest BCUT2D eigenvalue weighted by Crippen LogP contribution is -2.81. The molecule has 0 heterocycles. The number of benzene rings is 2. The van der Waals surface area contributed by atoms with Crippen molar-refractivity contribution in [1.29, 1.82) is 0 Å². The van der Waals surface area contributed by atoms with Gasteiger partial charge in [0.05, 0.1) is 6.54 Å². The topological polar surface area (TPSA) is 25.8 Å². The third-order valence-electron chi connectivity index (χ3n) is 2.89. The van der Waals surface area contributed by atoms with Crippen molar-refractivity contribution in [3.8, 4) is 5.75 Å². The van der Waals surface area contributed by atoms with Crippen molar-refractivity contribution >= 4 is 0 Å². The second-order valence-corrected chi connectivity index (χ2v) is 4.46. The van der Waals surface area contributed by atoms with E-state index in [1.807, 2.05) is 12.1 Å². The van der Waals surface area contributed by atoms with E-state index in [1.54, 1.807) is 12.1 Å². The van der Waals surface area contributed by atoms with Gasteiger partial charge < -0.3 is 10.1 Å². The highest BCUT2D eigenvalue weighted by molar-refractivity contribution is 5.28. The van der Waals surface area contributed by atoms with Crippen LogP contribution in [0.1, 0.15) is 18.1 Å². The van der Waals surface area contributed by atoms with Crippen molar-refractivity contribution in [2.45, 2.75) is 20.1 Å². The number of hydrogen-bond donors (Lipinski definition) is 1. The molecular weight excluding hydrogens is 241 g/mol. The maximum atomic E-state index is 12.8. The third kappa shape index (κ3) is 4.38. The molecule has 2 aromatic carbocycles. The molecule has 19 heavy (non-hydrogen) atoms. The van der Waals surface area contributed by atoms with Gasteiger partial charge in [0.25, 0.3) is 0 Å². The SMILES string of the molecule is CC[NH2+]Cc1cccc(OCc2ccc(F)cc2)c1. The quantitative estimate of drug-likeness (QED) is 0.848. The zero-order valence-corrected chi connectivity index (χ0v) is 11.1. The van der Waals surface area contributed by atoms with Crippen molar-refractivity contribution in [3.05, 3.63) is 65.5 Å². The lowest BCUT2D eigenvalue weighted by Gasteiger charge is -2.07. The van der Waals surface area contributed by atoms with Crippen molar-refractivity contribution in [3.63, 3.8) is 0 Å². The number of quaternary nitrogens is 1. The second kappa shape index (κ2) is 6.90. The van der Waals surface area contributed by atoms with Gasteiger partial charge in [0.2, 0.25) is 0 Å². The molecule has 0 saturated heterocycles. The highest BCUT2D eigenvalue weighted by Crippen LogP contribution is 2.15. The van der Waals surface area contributed by atoms with E-state index < -0.39 is 0 Å². The molecule has 2 nitrogen and oxygen atoms in total. The van der Waals surface area contributed by atoms with Gasteiger partial charge in [-0.15, -0.1) is 0 Å².